The molecule has 0 saturated carbocycles. The maximum absolute atomic E-state index is 4.66. The summed E-state index contributed by atoms with van der Waals surface area (Å²) in [6.45, 7) is 10.7. The highest BCUT2D eigenvalue weighted by Crippen LogP contribution is 2.29. The smallest absolute Gasteiger partial charge is 0.183 e. The first-order valence-electron chi connectivity index (χ1n) is 6.27. The Bertz CT molecular complexity index is 556. The molecule has 1 N–H and O–H groups in total. The quantitative estimate of drug-likeness (QED) is 0.875. The van der Waals surface area contributed by atoms with E-state index in [9.17, 15) is 0 Å². The van der Waals surface area contributed by atoms with Crippen molar-refractivity contribution >= 4 is 16.5 Å². The second kappa shape index (κ2) is 5.11. The van der Waals surface area contributed by atoms with Gasteiger partial charge >= 0.3 is 0 Å². The zero-order valence-corrected chi connectivity index (χ0v) is 12.5. The zero-order chi connectivity index (χ0) is 13.3. The van der Waals surface area contributed by atoms with Crippen molar-refractivity contribution in [1.29, 1.82) is 0 Å². The van der Waals surface area contributed by atoms with Crippen molar-refractivity contribution in [2.45, 2.75) is 40.7 Å². The highest BCUT2D eigenvalue weighted by atomic mass is 32.1. The van der Waals surface area contributed by atoms with Crippen LogP contribution < -0.4 is 5.32 Å². The van der Waals surface area contributed by atoms with Crippen LogP contribution in [0.5, 0.6) is 0 Å². The van der Waals surface area contributed by atoms with E-state index in [0.29, 0.717) is 6.04 Å². The number of thiazole rings is 1. The molecule has 2 nitrogen and oxygen atoms in total. The first kappa shape index (κ1) is 13.1. The summed E-state index contributed by atoms with van der Waals surface area (Å²) in [6, 6.07) is 4.89. The molecule has 0 aliphatic heterocycles. The third-order valence-electron chi connectivity index (χ3n) is 3.03. The molecule has 0 atom stereocenters. The second-order valence-corrected chi connectivity index (χ2v) is 5.95. The van der Waals surface area contributed by atoms with E-state index in [0.717, 1.165) is 10.8 Å². The SMILES string of the molecule is Cc1cc(C)c(-c2csc(NC(C)C)n2)cc1C. The van der Waals surface area contributed by atoms with Crippen molar-refractivity contribution in [3.63, 3.8) is 0 Å². The van der Waals surface area contributed by atoms with E-state index in [2.05, 4.69) is 62.4 Å². The van der Waals surface area contributed by atoms with Gasteiger partial charge in [-0.1, -0.05) is 6.07 Å². The Morgan fingerprint density at radius 2 is 1.72 bits per heavy atom. The summed E-state index contributed by atoms with van der Waals surface area (Å²) in [4.78, 5) is 4.66. The van der Waals surface area contributed by atoms with Crippen molar-refractivity contribution in [2.24, 2.45) is 0 Å². The molecule has 1 aromatic carbocycles. The molecule has 0 aliphatic rings. The average Bonchev–Trinajstić information content (AvgIpc) is 2.70. The lowest BCUT2D eigenvalue weighted by atomic mass is 9.99. The first-order chi connectivity index (χ1) is 8.47. The maximum Gasteiger partial charge on any atom is 0.183 e. The monoisotopic (exact) mass is 260 g/mol. The molecular weight excluding hydrogens is 240 g/mol. The molecule has 0 amide bonds. The normalized spacial score (nSPS) is 11.0. The molecule has 0 radical (unpaired) electrons. The molecule has 2 rings (SSSR count). The Morgan fingerprint density at radius 3 is 2.39 bits per heavy atom. The van der Waals surface area contributed by atoms with Crippen LogP contribution in [-0.2, 0) is 0 Å². The van der Waals surface area contributed by atoms with Crippen LogP contribution in [-0.4, -0.2) is 11.0 Å². The largest absolute Gasteiger partial charge is 0.359 e. The molecular formula is C15H20N2S. The average molecular weight is 260 g/mol. The number of hydrogen-bond acceptors (Lipinski definition) is 3. The number of aromatic nitrogens is 1. The van der Waals surface area contributed by atoms with Crippen molar-refractivity contribution in [3.8, 4) is 11.3 Å². The van der Waals surface area contributed by atoms with Gasteiger partial charge < -0.3 is 5.32 Å². The van der Waals surface area contributed by atoms with Crippen LogP contribution in [0.15, 0.2) is 17.5 Å². The van der Waals surface area contributed by atoms with Crippen molar-refractivity contribution in [3.05, 3.63) is 34.2 Å². The molecule has 0 saturated heterocycles. The lowest BCUT2D eigenvalue weighted by molar-refractivity contribution is 0.897. The molecule has 0 spiro atoms. The van der Waals surface area contributed by atoms with Crippen LogP contribution in [0.3, 0.4) is 0 Å². The van der Waals surface area contributed by atoms with E-state index >= 15 is 0 Å². The lowest BCUT2D eigenvalue weighted by Crippen LogP contribution is -2.09. The third-order valence-corrected chi connectivity index (χ3v) is 3.81. The van der Waals surface area contributed by atoms with Gasteiger partial charge in [0.2, 0.25) is 0 Å². The lowest BCUT2D eigenvalue weighted by Gasteiger charge is -2.08. The van der Waals surface area contributed by atoms with Gasteiger partial charge in [-0.3, -0.25) is 0 Å². The van der Waals surface area contributed by atoms with Gasteiger partial charge in [-0.15, -0.1) is 11.3 Å². The van der Waals surface area contributed by atoms with Crippen molar-refractivity contribution in [1.82, 2.24) is 4.98 Å². The molecule has 1 heterocycles. The molecule has 3 heteroatoms. The molecule has 0 aliphatic carbocycles. The molecule has 0 bridgehead atoms. The van der Waals surface area contributed by atoms with Crippen LogP contribution in [0.4, 0.5) is 5.13 Å². The second-order valence-electron chi connectivity index (χ2n) is 5.09. The summed E-state index contributed by atoms with van der Waals surface area (Å²) in [7, 11) is 0. The molecule has 1 aromatic heterocycles. The minimum absolute atomic E-state index is 0.421. The van der Waals surface area contributed by atoms with E-state index in [4.69, 9.17) is 0 Å². The van der Waals surface area contributed by atoms with Gasteiger partial charge in [0, 0.05) is 17.0 Å². The third kappa shape index (κ3) is 2.72. The van der Waals surface area contributed by atoms with Gasteiger partial charge in [0.05, 0.1) is 5.69 Å². The highest BCUT2D eigenvalue weighted by Gasteiger charge is 2.09. The van der Waals surface area contributed by atoms with Gasteiger partial charge in [-0.25, -0.2) is 4.98 Å². The number of aryl methyl sites for hydroxylation is 3. The predicted molar refractivity (Wildman–Crippen MR) is 80.5 cm³/mol. The van der Waals surface area contributed by atoms with Crippen molar-refractivity contribution in [2.75, 3.05) is 5.32 Å². The highest BCUT2D eigenvalue weighted by molar-refractivity contribution is 7.14. The van der Waals surface area contributed by atoms with Gasteiger partial charge in [0.15, 0.2) is 5.13 Å². The Hall–Kier alpha value is -1.35. The molecule has 0 unspecified atom stereocenters. The van der Waals surface area contributed by atoms with E-state index < -0.39 is 0 Å². The van der Waals surface area contributed by atoms with E-state index in [1.807, 2.05) is 0 Å². The topological polar surface area (TPSA) is 24.9 Å². The fourth-order valence-electron chi connectivity index (χ4n) is 1.95. The fourth-order valence-corrected chi connectivity index (χ4v) is 2.80. The van der Waals surface area contributed by atoms with Crippen LogP contribution in [0.25, 0.3) is 11.3 Å². The molecule has 96 valence electrons. The van der Waals surface area contributed by atoms with Gasteiger partial charge in [0.1, 0.15) is 0 Å². The minimum Gasteiger partial charge on any atom is -0.359 e. The van der Waals surface area contributed by atoms with Crippen LogP contribution in [0, 0.1) is 20.8 Å². The van der Waals surface area contributed by atoms with Gasteiger partial charge in [0.25, 0.3) is 0 Å². The Kier molecular flexibility index (Phi) is 3.71. The Balaban J connectivity index is 2.37. The summed E-state index contributed by atoms with van der Waals surface area (Å²) in [5.41, 5.74) is 6.27. The fraction of sp³-hybridized carbons (Fsp3) is 0.400. The summed E-state index contributed by atoms with van der Waals surface area (Å²) >= 11 is 1.67. The number of benzene rings is 1. The van der Waals surface area contributed by atoms with Gasteiger partial charge in [-0.05, 0) is 57.4 Å². The molecule has 18 heavy (non-hydrogen) atoms. The van der Waals surface area contributed by atoms with E-state index in [1.54, 1.807) is 11.3 Å². The zero-order valence-electron chi connectivity index (χ0n) is 11.7. The number of nitrogens with zero attached hydrogens (tertiary/aromatic N) is 1. The number of nitrogens with one attached hydrogen (secondary N) is 1. The van der Waals surface area contributed by atoms with Crippen molar-refractivity contribution < 1.29 is 0 Å². The number of rotatable bonds is 3. The first-order valence-corrected chi connectivity index (χ1v) is 7.15. The minimum atomic E-state index is 0.421. The summed E-state index contributed by atoms with van der Waals surface area (Å²) < 4.78 is 0. The Morgan fingerprint density at radius 1 is 1.06 bits per heavy atom. The maximum atomic E-state index is 4.66. The standard InChI is InChI=1S/C15H20N2S/c1-9(2)16-15-17-14(8-18-15)13-7-11(4)10(3)6-12(13)5/h6-9H,1-5H3,(H,16,17). The predicted octanol–water partition coefficient (Wildman–Crippen LogP) is 4.56. The number of anilines is 1. The summed E-state index contributed by atoms with van der Waals surface area (Å²) in [5, 5.41) is 6.47. The van der Waals surface area contributed by atoms with Crippen LogP contribution >= 0.6 is 11.3 Å². The Labute approximate surface area is 113 Å². The summed E-state index contributed by atoms with van der Waals surface area (Å²) in [6.07, 6.45) is 0. The van der Waals surface area contributed by atoms with E-state index in [-0.39, 0.29) is 0 Å². The van der Waals surface area contributed by atoms with Crippen LogP contribution in [0.2, 0.25) is 0 Å². The molecule has 2 aromatic rings. The summed E-state index contributed by atoms with van der Waals surface area (Å²) in [5.74, 6) is 0. The number of hydrogen-bond donors (Lipinski definition) is 1. The van der Waals surface area contributed by atoms with Gasteiger partial charge in [-0.2, -0.15) is 0 Å². The van der Waals surface area contributed by atoms with E-state index in [1.165, 1.54) is 22.3 Å². The van der Waals surface area contributed by atoms with Crippen LogP contribution in [0.1, 0.15) is 30.5 Å². The molecule has 0 fully saturated rings.